The summed E-state index contributed by atoms with van der Waals surface area (Å²) in [6, 6.07) is 0. The number of nitrogens with one attached hydrogen (secondary N) is 1. The molecule has 0 aromatic heterocycles. The number of carbonyl (C=O) groups is 2. The number of carboxylic acids is 2. The second kappa shape index (κ2) is 9.03. The van der Waals surface area contributed by atoms with Crippen molar-refractivity contribution >= 4 is 11.9 Å². The van der Waals surface area contributed by atoms with Crippen LogP contribution in [0.2, 0.25) is 0 Å². The molecule has 5 nitrogen and oxygen atoms in total. The van der Waals surface area contributed by atoms with Crippen LogP contribution in [0.5, 0.6) is 0 Å². The second-order valence-corrected chi connectivity index (χ2v) is 6.41. The largest absolute Gasteiger partial charge is 0.481 e. The highest BCUT2D eigenvalue weighted by molar-refractivity contribution is 5.74. The van der Waals surface area contributed by atoms with E-state index in [1.54, 1.807) is 0 Å². The van der Waals surface area contributed by atoms with E-state index in [1.165, 1.54) is 0 Å². The molecule has 0 bridgehead atoms. The molecule has 1 unspecified atom stereocenters. The van der Waals surface area contributed by atoms with E-state index in [0.29, 0.717) is 0 Å². The van der Waals surface area contributed by atoms with Gasteiger partial charge in [0.25, 0.3) is 0 Å². The van der Waals surface area contributed by atoms with Crippen molar-refractivity contribution < 1.29 is 19.8 Å². The molecule has 1 aliphatic heterocycles. The first-order valence-corrected chi connectivity index (χ1v) is 8.12. The summed E-state index contributed by atoms with van der Waals surface area (Å²) in [5, 5.41) is 21.4. The van der Waals surface area contributed by atoms with Crippen molar-refractivity contribution in [3.63, 3.8) is 0 Å². The fourth-order valence-corrected chi connectivity index (χ4v) is 3.24. The van der Waals surface area contributed by atoms with Gasteiger partial charge >= 0.3 is 11.9 Å². The molecule has 5 heteroatoms. The molecule has 0 aromatic rings. The molecule has 0 spiro atoms. The molecule has 0 aromatic carbocycles. The Hall–Kier alpha value is -1.10. The molecule has 1 heterocycles. The molecule has 21 heavy (non-hydrogen) atoms. The lowest BCUT2D eigenvalue weighted by molar-refractivity contribution is -0.152. The first kappa shape index (κ1) is 18.0. The molecule has 1 rings (SSSR count). The summed E-state index contributed by atoms with van der Waals surface area (Å²) in [6.45, 7) is 3.74. The van der Waals surface area contributed by atoms with Gasteiger partial charge in [0.1, 0.15) is 0 Å². The fourth-order valence-electron chi connectivity index (χ4n) is 3.24. The van der Waals surface area contributed by atoms with Crippen molar-refractivity contribution in [2.45, 2.75) is 64.7 Å². The lowest BCUT2D eigenvalue weighted by Crippen LogP contribution is -2.42. The maximum absolute atomic E-state index is 11.7. The van der Waals surface area contributed by atoms with E-state index in [1.807, 2.05) is 6.92 Å². The Bertz CT molecular complexity index is 339. The second-order valence-electron chi connectivity index (χ2n) is 6.41. The van der Waals surface area contributed by atoms with Gasteiger partial charge in [-0.1, -0.05) is 25.7 Å². The Balaban J connectivity index is 2.27. The average Bonchev–Trinajstić information content (AvgIpc) is 2.46. The lowest BCUT2D eigenvalue weighted by atomic mass is 9.69. The number of unbranched alkanes of at least 4 members (excludes halogenated alkanes) is 4. The summed E-state index contributed by atoms with van der Waals surface area (Å²) in [6.07, 6.45) is 7.41. The monoisotopic (exact) mass is 299 g/mol. The molecule has 1 aliphatic rings. The van der Waals surface area contributed by atoms with Gasteiger partial charge in [-0.2, -0.15) is 0 Å². The topological polar surface area (TPSA) is 86.6 Å². The molecule has 1 atom stereocenters. The smallest absolute Gasteiger partial charge is 0.309 e. The molecule has 0 aliphatic carbocycles. The van der Waals surface area contributed by atoms with E-state index < -0.39 is 17.4 Å². The van der Waals surface area contributed by atoms with E-state index in [0.717, 1.165) is 64.5 Å². The van der Waals surface area contributed by atoms with Crippen LogP contribution in [0.3, 0.4) is 0 Å². The molecular weight excluding hydrogens is 270 g/mol. The van der Waals surface area contributed by atoms with Gasteiger partial charge in [-0.05, 0) is 51.6 Å². The van der Waals surface area contributed by atoms with Crippen molar-refractivity contribution in [3.05, 3.63) is 0 Å². The van der Waals surface area contributed by atoms with Crippen LogP contribution in [0, 0.1) is 11.3 Å². The Kier molecular flexibility index (Phi) is 7.72. The van der Waals surface area contributed by atoms with Gasteiger partial charge < -0.3 is 15.5 Å². The Morgan fingerprint density at radius 2 is 1.62 bits per heavy atom. The van der Waals surface area contributed by atoms with Crippen LogP contribution in [0.15, 0.2) is 0 Å². The van der Waals surface area contributed by atoms with Gasteiger partial charge in [0.05, 0.1) is 5.41 Å². The summed E-state index contributed by atoms with van der Waals surface area (Å²) in [4.78, 5) is 22.1. The number of carboxylic acid groups (broad SMARTS) is 2. The minimum Gasteiger partial charge on any atom is -0.481 e. The normalized spacial score (nSPS) is 19.1. The standard InChI is InChI=1S/C16H29NO4/c1-16(15(20)21,13-8-11-17-12-9-13)10-6-4-2-3-5-7-14(18)19/h13,17H,2-12H2,1H3,(H,18,19)(H,20,21). The number of aliphatic carboxylic acids is 2. The third-order valence-electron chi connectivity index (χ3n) is 4.82. The van der Waals surface area contributed by atoms with Gasteiger partial charge in [0.2, 0.25) is 0 Å². The summed E-state index contributed by atoms with van der Waals surface area (Å²) in [5.41, 5.74) is -0.608. The van der Waals surface area contributed by atoms with Crippen LogP contribution in [0.1, 0.15) is 64.7 Å². The van der Waals surface area contributed by atoms with E-state index >= 15 is 0 Å². The average molecular weight is 299 g/mol. The molecule has 0 amide bonds. The minimum absolute atomic E-state index is 0.238. The minimum atomic E-state index is -0.737. The van der Waals surface area contributed by atoms with Gasteiger partial charge in [-0.15, -0.1) is 0 Å². The summed E-state index contributed by atoms with van der Waals surface area (Å²) < 4.78 is 0. The Labute approximate surface area is 127 Å². The first-order valence-electron chi connectivity index (χ1n) is 8.12. The van der Waals surface area contributed by atoms with Gasteiger partial charge in [-0.25, -0.2) is 0 Å². The third-order valence-corrected chi connectivity index (χ3v) is 4.82. The fraction of sp³-hybridized carbons (Fsp3) is 0.875. The van der Waals surface area contributed by atoms with Crippen molar-refractivity contribution in [2.75, 3.05) is 13.1 Å². The van der Waals surface area contributed by atoms with Crippen LogP contribution >= 0.6 is 0 Å². The van der Waals surface area contributed by atoms with E-state index in [2.05, 4.69) is 5.32 Å². The zero-order valence-corrected chi connectivity index (χ0v) is 13.1. The highest BCUT2D eigenvalue weighted by Crippen LogP contribution is 2.38. The molecule has 1 saturated heterocycles. The highest BCUT2D eigenvalue weighted by atomic mass is 16.4. The molecule has 0 radical (unpaired) electrons. The number of rotatable bonds is 10. The SMILES string of the molecule is CC(CCCCCCCC(=O)O)(C(=O)O)C1CCNCC1. The Morgan fingerprint density at radius 3 is 2.19 bits per heavy atom. The maximum Gasteiger partial charge on any atom is 0.309 e. The molecule has 0 saturated carbocycles. The molecule has 1 fully saturated rings. The van der Waals surface area contributed by atoms with Gasteiger partial charge in [0.15, 0.2) is 0 Å². The van der Waals surface area contributed by atoms with E-state index in [-0.39, 0.29) is 12.3 Å². The van der Waals surface area contributed by atoms with Gasteiger partial charge in [0, 0.05) is 6.42 Å². The Morgan fingerprint density at radius 1 is 1.05 bits per heavy atom. The zero-order chi connectivity index (χ0) is 15.7. The third kappa shape index (κ3) is 6.04. The van der Waals surface area contributed by atoms with E-state index in [9.17, 15) is 14.7 Å². The lowest BCUT2D eigenvalue weighted by Gasteiger charge is -2.37. The van der Waals surface area contributed by atoms with E-state index in [4.69, 9.17) is 5.11 Å². The quantitative estimate of drug-likeness (QED) is 0.540. The van der Waals surface area contributed by atoms with Crippen LogP contribution < -0.4 is 5.32 Å². The zero-order valence-electron chi connectivity index (χ0n) is 13.1. The van der Waals surface area contributed by atoms with Crippen molar-refractivity contribution in [2.24, 2.45) is 11.3 Å². The molecule has 122 valence electrons. The summed E-state index contributed by atoms with van der Waals surface area (Å²) in [7, 11) is 0. The van der Waals surface area contributed by atoms with Crippen molar-refractivity contribution in [1.29, 1.82) is 0 Å². The number of hydrogen-bond acceptors (Lipinski definition) is 3. The summed E-state index contributed by atoms with van der Waals surface area (Å²) >= 11 is 0. The first-order chi connectivity index (χ1) is 9.97. The van der Waals surface area contributed by atoms with Crippen molar-refractivity contribution in [3.8, 4) is 0 Å². The van der Waals surface area contributed by atoms with Crippen LogP contribution in [-0.4, -0.2) is 35.2 Å². The van der Waals surface area contributed by atoms with Gasteiger partial charge in [-0.3, -0.25) is 9.59 Å². The van der Waals surface area contributed by atoms with Crippen molar-refractivity contribution in [1.82, 2.24) is 5.32 Å². The highest BCUT2D eigenvalue weighted by Gasteiger charge is 2.40. The number of hydrogen-bond donors (Lipinski definition) is 3. The predicted molar refractivity (Wildman–Crippen MR) is 81.3 cm³/mol. The molecule has 3 N–H and O–H groups in total. The summed E-state index contributed by atoms with van der Waals surface area (Å²) in [5.74, 6) is -1.14. The van der Waals surface area contributed by atoms with Crippen LogP contribution in [0.25, 0.3) is 0 Å². The van der Waals surface area contributed by atoms with Crippen LogP contribution in [-0.2, 0) is 9.59 Å². The number of piperidine rings is 1. The van der Waals surface area contributed by atoms with Crippen LogP contribution in [0.4, 0.5) is 0 Å². The maximum atomic E-state index is 11.7. The molecular formula is C16H29NO4. The predicted octanol–water partition coefficient (Wildman–Crippen LogP) is 2.89.